The summed E-state index contributed by atoms with van der Waals surface area (Å²) < 4.78 is 0. The molecule has 0 saturated carbocycles. The fraction of sp³-hybridized carbons (Fsp3) is 0.846. The van der Waals surface area contributed by atoms with Crippen molar-refractivity contribution in [1.29, 1.82) is 0 Å². The van der Waals surface area contributed by atoms with Crippen LogP contribution in [0.25, 0.3) is 0 Å². The Morgan fingerprint density at radius 2 is 1.89 bits per heavy atom. The van der Waals surface area contributed by atoms with Gasteiger partial charge in [0.2, 0.25) is 11.8 Å². The van der Waals surface area contributed by atoms with Gasteiger partial charge in [0.05, 0.1) is 0 Å². The molecule has 2 amide bonds. The first-order valence-corrected chi connectivity index (χ1v) is 8.06. The van der Waals surface area contributed by atoms with Crippen molar-refractivity contribution in [2.24, 2.45) is 0 Å². The van der Waals surface area contributed by atoms with Gasteiger partial charge in [-0.1, -0.05) is 6.42 Å². The smallest absolute Gasteiger partial charge is 0.224 e. The molecule has 0 aromatic rings. The van der Waals surface area contributed by atoms with Crippen LogP contribution in [-0.4, -0.2) is 59.3 Å². The molecule has 0 radical (unpaired) electrons. The van der Waals surface area contributed by atoms with Crippen molar-refractivity contribution in [1.82, 2.24) is 9.80 Å². The average molecular weight is 270 g/mol. The molecule has 2 saturated heterocycles. The minimum atomic E-state index is 0.215. The van der Waals surface area contributed by atoms with Gasteiger partial charge in [0.25, 0.3) is 0 Å². The third-order valence-electron chi connectivity index (χ3n) is 3.63. The summed E-state index contributed by atoms with van der Waals surface area (Å²) in [6.07, 6.45) is 4.39. The predicted molar refractivity (Wildman–Crippen MR) is 73.6 cm³/mol. The maximum Gasteiger partial charge on any atom is 0.224 e. The van der Waals surface area contributed by atoms with Crippen LogP contribution in [0, 0.1) is 0 Å². The number of carbonyl (C=O) groups is 2. The fourth-order valence-electron chi connectivity index (χ4n) is 2.48. The van der Waals surface area contributed by atoms with E-state index >= 15 is 0 Å². The summed E-state index contributed by atoms with van der Waals surface area (Å²) in [5.41, 5.74) is 0. The van der Waals surface area contributed by atoms with Gasteiger partial charge in [-0.15, -0.1) is 0 Å². The molecule has 0 N–H and O–H groups in total. The van der Waals surface area contributed by atoms with E-state index in [1.54, 1.807) is 0 Å². The SMILES string of the molecule is O=C(CCN1CCCCCC1=O)N1CCSCC1. The first-order valence-electron chi connectivity index (χ1n) is 6.90. The Balaban J connectivity index is 1.75. The van der Waals surface area contributed by atoms with E-state index in [-0.39, 0.29) is 11.8 Å². The van der Waals surface area contributed by atoms with E-state index in [1.807, 2.05) is 21.6 Å². The highest BCUT2D eigenvalue weighted by Crippen LogP contribution is 2.13. The number of carbonyl (C=O) groups excluding carboxylic acids is 2. The number of hydrogen-bond donors (Lipinski definition) is 0. The molecule has 0 aliphatic carbocycles. The van der Waals surface area contributed by atoms with E-state index in [1.165, 1.54) is 0 Å². The van der Waals surface area contributed by atoms with Crippen LogP contribution in [0.1, 0.15) is 32.1 Å². The Hall–Kier alpha value is -0.710. The molecule has 0 aromatic heterocycles. The van der Waals surface area contributed by atoms with Crippen LogP contribution in [0.5, 0.6) is 0 Å². The molecule has 2 heterocycles. The van der Waals surface area contributed by atoms with Crippen LogP contribution in [-0.2, 0) is 9.59 Å². The van der Waals surface area contributed by atoms with E-state index in [4.69, 9.17) is 0 Å². The first-order chi connectivity index (χ1) is 8.77. The van der Waals surface area contributed by atoms with Gasteiger partial charge in [-0.2, -0.15) is 11.8 Å². The largest absolute Gasteiger partial charge is 0.342 e. The number of likely N-dealkylation sites (tertiary alicyclic amines) is 1. The zero-order valence-electron chi connectivity index (χ0n) is 10.9. The van der Waals surface area contributed by atoms with Crippen LogP contribution < -0.4 is 0 Å². The summed E-state index contributed by atoms with van der Waals surface area (Å²) in [5, 5.41) is 0. The Kier molecular flexibility index (Phi) is 5.35. The summed E-state index contributed by atoms with van der Waals surface area (Å²) in [4.78, 5) is 27.6. The molecule has 18 heavy (non-hydrogen) atoms. The van der Waals surface area contributed by atoms with Gasteiger partial charge < -0.3 is 9.80 Å². The number of hydrogen-bond acceptors (Lipinski definition) is 3. The quantitative estimate of drug-likeness (QED) is 0.777. The highest BCUT2D eigenvalue weighted by molar-refractivity contribution is 7.99. The second-order valence-electron chi connectivity index (χ2n) is 4.93. The number of rotatable bonds is 3. The molecule has 2 aliphatic rings. The highest BCUT2D eigenvalue weighted by Gasteiger charge is 2.20. The molecule has 2 aliphatic heterocycles. The summed E-state index contributed by atoms with van der Waals surface area (Å²) in [5.74, 6) is 2.55. The van der Waals surface area contributed by atoms with Crippen LogP contribution in [0.2, 0.25) is 0 Å². The van der Waals surface area contributed by atoms with Crippen molar-refractivity contribution in [3.63, 3.8) is 0 Å². The van der Waals surface area contributed by atoms with Crippen LogP contribution in [0.3, 0.4) is 0 Å². The number of nitrogens with zero attached hydrogens (tertiary/aromatic N) is 2. The van der Waals surface area contributed by atoms with Gasteiger partial charge in [0.1, 0.15) is 0 Å². The minimum Gasteiger partial charge on any atom is -0.342 e. The zero-order valence-corrected chi connectivity index (χ0v) is 11.7. The normalized spacial score (nSPS) is 21.9. The van der Waals surface area contributed by atoms with E-state index in [0.29, 0.717) is 19.4 Å². The molecule has 0 atom stereocenters. The monoisotopic (exact) mass is 270 g/mol. The standard InChI is InChI=1S/C13H22N2O2S/c16-12-4-2-1-3-6-14(12)7-5-13(17)15-8-10-18-11-9-15/h1-11H2. The van der Waals surface area contributed by atoms with Crippen molar-refractivity contribution in [3.8, 4) is 0 Å². The molecule has 2 rings (SSSR count). The summed E-state index contributed by atoms with van der Waals surface area (Å²) >= 11 is 1.91. The molecular weight excluding hydrogens is 248 g/mol. The molecule has 102 valence electrons. The number of thioether (sulfide) groups is 1. The second kappa shape index (κ2) is 7.02. The van der Waals surface area contributed by atoms with Gasteiger partial charge in [-0.05, 0) is 12.8 Å². The lowest BCUT2D eigenvalue weighted by atomic mass is 10.2. The van der Waals surface area contributed by atoms with Crippen molar-refractivity contribution >= 4 is 23.6 Å². The van der Waals surface area contributed by atoms with Crippen molar-refractivity contribution in [2.75, 3.05) is 37.7 Å². The summed E-state index contributed by atoms with van der Waals surface area (Å²) in [6.45, 7) is 3.19. The van der Waals surface area contributed by atoms with Crippen LogP contribution in [0.4, 0.5) is 0 Å². The molecular formula is C13H22N2O2S. The van der Waals surface area contributed by atoms with Crippen LogP contribution >= 0.6 is 11.8 Å². The lowest BCUT2D eigenvalue weighted by molar-refractivity contribution is -0.133. The van der Waals surface area contributed by atoms with Gasteiger partial charge in [-0.25, -0.2) is 0 Å². The first kappa shape index (κ1) is 13.7. The Morgan fingerprint density at radius 3 is 2.67 bits per heavy atom. The van der Waals surface area contributed by atoms with E-state index in [0.717, 1.165) is 50.4 Å². The fourth-order valence-corrected chi connectivity index (χ4v) is 3.38. The van der Waals surface area contributed by atoms with Crippen molar-refractivity contribution in [3.05, 3.63) is 0 Å². The second-order valence-corrected chi connectivity index (χ2v) is 6.16. The Bertz CT molecular complexity index is 303. The van der Waals surface area contributed by atoms with Gasteiger partial charge in [0, 0.05) is 50.5 Å². The topological polar surface area (TPSA) is 40.6 Å². The molecule has 0 spiro atoms. The maximum absolute atomic E-state index is 12.0. The van der Waals surface area contributed by atoms with E-state index in [2.05, 4.69) is 0 Å². The third-order valence-corrected chi connectivity index (χ3v) is 4.57. The lowest BCUT2D eigenvalue weighted by Gasteiger charge is -2.28. The molecule has 4 nitrogen and oxygen atoms in total. The zero-order chi connectivity index (χ0) is 12.8. The lowest BCUT2D eigenvalue weighted by Crippen LogP contribution is -2.40. The van der Waals surface area contributed by atoms with Gasteiger partial charge in [-0.3, -0.25) is 9.59 Å². The maximum atomic E-state index is 12.0. The predicted octanol–water partition coefficient (Wildman–Crippen LogP) is 1.35. The van der Waals surface area contributed by atoms with Crippen molar-refractivity contribution < 1.29 is 9.59 Å². The van der Waals surface area contributed by atoms with Gasteiger partial charge in [0.15, 0.2) is 0 Å². The minimum absolute atomic E-state index is 0.215. The average Bonchev–Trinajstić information content (AvgIpc) is 2.62. The summed E-state index contributed by atoms with van der Waals surface area (Å²) in [6, 6.07) is 0. The third kappa shape index (κ3) is 3.90. The van der Waals surface area contributed by atoms with Gasteiger partial charge >= 0.3 is 0 Å². The molecule has 0 aromatic carbocycles. The van der Waals surface area contributed by atoms with E-state index in [9.17, 15) is 9.59 Å². The van der Waals surface area contributed by atoms with Crippen molar-refractivity contribution in [2.45, 2.75) is 32.1 Å². The molecule has 2 fully saturated rings. The Morgan fingerprint density at radius 1 is 1.11 bits per heavy atom. The Labute approximate surface area is 113 Å². The van der Waals surface area contributed by atoms with E-state index < -0.39 is 0 Å². The molecule has 5 heteroatoms. The van der Waals surface area contributed by atoms with Crippen LogP contribution in [0.15, 0.2) is 0 Å². The molecule has 0 bridgehead atoms. The number of amides is 2. The summed E-state index contributed by atoms with van der Waals surface area (Å²) in [7, 11) is 0. The highest BCUT2D eigenvalue weighted by atomic mass is 32.2. The molecule has 0 unspecified atom stereocenters.